The van der Waals surface area contributed by atoms with Crippen LogP contribution in [0.1, 0.15) is 34.6 Å². The molecule has 2 aromatic heterocycles. The normalized spacial score (nSPS) is 15.3. The van der Waals surface area contributed by atoms with Gasteiger partial charge in [0, 0.05) is 30.9 Å². The highest BCUT2D eigenvalue weighted by atomic mass is 35.5. The van der Waals surface area contributed by atoms with E-state index in [-0.39, 0.29) is 23.2 Å². The molecule has 1 N–H and O–H groups in total. The molecular formula is C22H25ClFN7O3S. The largest absolute Gasteiger partial charge is 0.347 e. The maximum Gasteiger partial charge on any atom is 0.270 e. The lowest BCUT2D eigenvalue weighted by molar-refractivity contribution is 0.0945. The van der Waals surface area contributed by atoms with Crippen LogP contribution >= 0.6 is 11.6 Å². The lowest BCUT2D eigenvalue weighted by Crippen LogP contribution is -2.38. The van der Waals surface area contributed by atoms with Crippen molar-refractivity contribution in [2.24, 2.45) is 5.92 Å². The molecule has 10 nitrogen and oxygen atoms in total. The van der Waals surface area contributed by atoms with E-state index in [0.717, 1.165) is 12.8 Å². The first kappa shape index (κ1) is 25.1. The Labute approximate surface area is 207 Å². The number of tetrazole rings is 1. The standard InChI is InChI=1S/C22H25ClFN7O3S/c1-14-9-17(11-20(26-14)22(32)25-12-16-3-4-19(24)18(23)10-16)21-27-29-31(28-21)13-15-5-7-30(8-6-15)35(2,33)34/h3-4,9-11,15H,5-8,12-13H2,1-2H3,(H,25,32). The molecule has 1 saturated heterocycles. The van der Waals surface area contributed by atoms with E-state index in [2.05, 4.69) is 25.7 Å². The molecule has 0 radical (unpaired) electrons. The summed E-state index contributed by atoms with van der Waals surface area (Å²) in [6.07, 6.45) is 2.67. The Balaban J connectivity index is 1.40. The Morgan fingerprint density at radius 1 is 1.23 bits per heavy atom. The molecule has 186 valence electrons. The molecule has 0 unspecified atom stereocenters. The van der Waals surface area contributed by atoms with Crippen LogP contribution in [-0.2, 0) is 23.1 Å². The van der Waals surface area contributed by atoms with Gasteiger partial charge in [0.25, 0.3) is 5.91 Å². The molecule has 0 bridgehead atoms. The molecule has 1 aromatic carbocycles. The van der Waals surface area contributed by atoms with Crippen molar-refractivity contribution < 1.29 is 17.6 Å². The Hall–Kier alpha value is -2.96. The van der Waals surface area contributed by atoms with E-state index in [1.54, 1.807) is 25.1 Å². The fraction of sp³-hybridized carbons (Fsp3) is 0.409. The third-order valence-corrected chi connectivity index (χ3v) is 7.39. The fourth-order valence-electron chi connectivity index (χ4n) is 3.93. The average Bonchev–Trinajstić information content (AvgIpc) is 3.27. The Bertz CT molecular complexity index is 1340. The van der Waals surface area contributed by atoms with Gasteiger partial charge in [0.2, 0.25) is 15.8 Å². The van der Waals surface area contributed by atoms with Crippen LogP contribution in [0.3, 0.4) is 0 Å². The summed E-state index contributed by atoms with van der Waals surface area (Å²) < 4.78 is 38.2. The van der Waals surface area contributed by atoms with E-state index < -0.39 is 21.7 Å². The van der Waals surface area contributed by atoms with Crippen LogP contribution in [0.25, 0.3) is 11.4 Å². The van der Waals surface area contributed by atoms with Gasteiger partial charge in [-0.1, -0.05) is 17.7 Å². The maximum absolute atomic E-state index is 13.3. The third-order valence-electron chi connectivity index (χ3n) is 5.80. The van der Waals surface area contributed by atoms with Crippen LogP contribution in [0.2, 0.25) is 5.02 Å². The van der Waals surface area contributed by atoms with Crippen molar-refractivity contribution in [3.63, 3.8) is 0 Å². The summed E-state index contributed by atoms with van der Waals surface area (Å²) in [5, 5.41) is 15.4. The minimum absolute atomic E-state index is 0.0113. The Morgan fingerprint density at radius 3 is 2.66 bits per heavy atom. The zero-order valence-electron chi connectivity index (χ0n) is 19.3. The van der Waals surface area contributed by atoms with E-state index in [1.807, 2.05) is 0 Å². The molecule has 1 aliphatic heterocycles. The maximum atomic E-state index is 13.3. The Kier molecular flexibility index (Phi) is 7.43. The third kappa shape index (κ3) is 6.38. The Morgan fingerprint density at radius 2 is 1.97 bits per heavy atom. The quantitative estimate of drug-likeness (QED) is 0.506. The second-order valence-corrected chi connectivity index (χ2v) is 11.0. The number of rotatable bonds is 7. The summed E-state index contributed by atoms with van der Waals surface area (Å²) in [5.74, 6) is -0.314. The predicted molar refractivity (Wildman–Crippen MR) is 128 cm³/mol. The molecule has 13 heteroatoms. The number of amides is 1. The fourth-order valence-corrected chi connectivity index (χ4v) is 5.00. The van der Waals surface area contributed by atoms with Crippen LogP contribution in [0, 0.1) is 18.7 Å². The molecule has 0 aliphatic carbocycles. The van der Waals surface area contributed by atoms with Gasteiger partial charge >= 0.3 is 0 Å². The van der Waals surface area contributed by atoms with Crippen molar-refractivity contribution in [2.75, 3.05) is 19.3 Å². The highest BCUT2D eigenvalue weighted by molar-refractivity contribution is 7.88. The van der Waals surface area contributed by atoms with E-state index in [9.17, 15) is 17.6 Å². The van der Waals surface area contributed by atoms with Crippen molar-refractivity contribution in [1.82, 2.24) is 34.8 Å². The van der Waals surface area contributed by atoms with Gasteiger partial charge in [0.15, 0.2) is 0 Å². The summed E-state index contributed by atoms with van der Waals surface area (Å²) >= 11 is 5.80. The number of aromatic nitrogens is 5. The van der Waals surface area contributed by atoms with Gasteiger partial charge in [0.05, 0.1) is 17.8 Å². The van der Waals surface area contributed by atoms with Gasteiger partial charge in [-0.25, -0.2) is 22.1 Å². The zero-order valence-corrected chi connectivity index (χ0v) is 20.9. The first-order valence-electron chi connectivity index (χ1n) is 11.0. The molecule has 0 spiro atoms. The monoisotopic (exact) mass is 521 g/mol. The molecule has 1 aliphatic rings. The lowest BCUT2D eigenvalue weighted by atomic mass is 9.98. The molecule has 4 rings (SSSR count). The van der Waals surface area contributed by atoms with E-state index in [0.29, 0.717) is 42.3 Å². The first-order chi connectivity index (χ1) is 16.6. The SMILES string of the molecule is Cc1cc(-c2nnn(CC3CCN(S(C)(=O)=O)CC3)n2)cc(C(=O)NCc2ccc(F)c(Cl)c2)n1. The van der Waals surface area contributed by atoms with Crippen molar-refractivity contribution in [1.29, 1.82) is 0 Å². The summed E-state index contributed by atoms with van der Waals surface area (Å²) in [4.78, 5) is 18.5. The van der Waals surface area contributed by atoms with Crippen molar-refractivity contribution in [2.45, 2.75) is 32.9 Å². The van der Waals surface area contributed by atoms with E-state index in [1.165, 1.54) is 27.5 Å². The summed E-state index contributed by atoms with van der Waals surface area (Å²) in [6, 6.07) is 7.61. The van der Waals surface area contributed by atoms with Gasteiger partial charge in [-0.2, -0.15) is 4.80 Å². The minimum Gasteiger partial charge on any atom is -0.347 e. The second kappa shape index (κ2) is 10.3. The van der Waals surface area contributed by atoms with Crippen molar-refractivity contribution in [3.05, 3.63) is 58.1 Å². The molecule has 35 heavy (non-hydrogen) atoms. The number of benzene rings is 1. The van der Waals surface area contributed by atoms with Gasteiger partial charge in [-0.3, -0.25) is 4.79 Å². The molecule has 3 heterocycles. The molecule has 1 fully saturated rings. The van der Waals surface area contributed by atoms with E-state index >= 15 is 0 Å². The molecule has 1 amide bonds. The van der Waals surface area contributed by atoms with Crippen LogP contribution in [0.15, 0.2) is 30.3 Å². The number of hydrogen-bond donors (Lipinski definition) is 1. The van der Waals surface area contributed by atoms with Gasteiger partial charge < -0.3 is 5.32 Å². The lowest BCUT2D eigenvalue weighted by Gasteiger charge is -2.29. The van der Waals surface area contributed by atoms with Crippen LogP contribution in [-0.4, -0.2) is 63.2 Å². The number of carbonyl (C=O) groups is 1. The molecule has 3 aromatic rings. The topological polar surface area (TPSA) is 123 Å². The second-order valence-electron chi connectivity index (χ2n) is 8.59. The van der Waals surface area contributed by atoms with Crippen molar-refractivity contribution >= 4 is 27.5 Å². The average molecular weight is 522 g/mol. The van der Waals surface area contributed by atoms with Crippen LogP contribution in [0.5, 0.6) is 0 Å². The number of nitrogens with one attached hydrogen (secondary N) is 1. The van der Waals surface area contributed by atoms with Gasteiger partial charge in [-0.15, -0.1) is 10.2 Å². The number of pyridine rings is 1. The summed E-state index contributed by atoms with van der Waals surface area (Å²) in [5.41, 5.74) is 2.06. The number of hydrogen-bond acceptors (Lipinski definition) is 7. The van der Waals surface area contributed by atoms with Crippen LogP contribution in [0.4, 0.5) is 4.39 Å². The first-order valence-corrected chi connectivity index (χ1v) is 13.3. The molecule has 0 saturated carbocycles. The van der Waals surface area contributed by atoms with Crippen LogP contribution < -0.4 is 5.32 Å². The molecular weight excluding hydrogens is 497 g/mol. The highest BCUT2D eigenvalue weighted by Gasteiger charge is 2.25. The smallest absolute Gasteiger partial charge is 0.270 e. The number of carbonyl (C=O) groups excluding carboxylic acids is 1. The number of nitrogens with zero attached hydrogens (tertiary/aromatic N) is 6. The van der Waals surface area contributed by atoms with E-state index in [4.69, 9.17) is 11.6 Å². The number of piperidine rings is 1. The number of aryl methyl sites for hydroxylation is 1. The van der Waals surface area contributed by atoms with Crippen molar-refractivity contribution in [3.8, 4) is 11.4 Å². The molecule has 0 atom stereocenters. The summed E-state index contributed by atoms with van der Waals surface area (Å²) in [7, 11) is -3.17. The predicted octanol–water partition coefficient (Wildman–Crippen LogP) is 2.44. The summed E-state index contributed by atoms with van der Waals surface area (Å²) in [6.45, 7) is 3.42. The van der Waals surface area contributed by atoms with Gasteiger partial charge in [-0.05, 0) is 60.7 Å². The minimum atomic E-state index is -3.17. The zero-order chi connectivity index (χ0) is 25.2. The number of halogens is 2. The highest BCUT2D eigenvalue weighted by Crippen LogP contribution is 2.22. The number of sulfonamides is 1. The van der Waals surface area contributed by atoms with Gasteiger partial charge in [0.1, 0.15) is 11.5 Å².